The minimum absolute atomic E-state index is 0.0813. The van der Waals surface area contributed by atoms with Crippen LogP contribution in [0.3, 0.4) is 0 Å². The first-order valence-electron chi connectivity index (χ1n) is 9.62. The van der Waals surface area contributed by atoms with Crippen molar-refractivity contribution in [3.63, 3.8) is 0 Å². The number of carbonyl (C=O) groups excluding carboxylic acids is 1. The molecule has 0 aliphatic heterocycles. The number of aryl methyl sites for hydroxylation is 1. The number of carbonyl (C=O) groups is 1. The molecule has 0 aliphatic carbocycles. The molecule has 7 nitrogen and oxygen atoms in total. The SMILES string of the molecule is COCCNS(=O)(=O)c1ccc(C(=O)Nc2ccc(Oc3ccc(C)cc3)cc2)cc1. The summed E-state index contributed by atoms with van der Waals surface area (Å²) in [5.41, 5.74) is 2.09. The largest absolute Gasteiger partial charge is 0.457 e. The predicted molar refractivity (Wildman–Crippen MR) is 119 cm³/mol. The van der Waals surface area contributed by atoms with Gasteiger partial charge in [0.1, 0.15) is 11.5 Å². The van der Waals surface area contributed by atoms with Crippen LogP contribution in [-0.2, 0) is 14.8 Å². The van der Waals surface area contributed by atoms with Gasteiger partial charge in [0, 0.05) is 24.9 Å². The summed E-state index contributed by atoms with van der Waals surface area (Å²) >= 11 is 0. The average molecular weight is 441 g/mol. The fraction of sp³-hybridized carbons (Fsp3) is 0.174. The first kappa shape index (κ1) is 22.5. The molecule has 0 fully saturated rings. The molecule has 3 rings (SSSR count). The van der Waals surface area contributed by atoms with E-state index in [2.05, 4.69) is 10.0 Å². The van der Waals surface area contributed by atoms with Crippen LogP contribution in [0.25, 0.3) is 0 Å². The van der Waals surface area contributed by atoms with Crippen molar-refractivity contribution < 1.29 is 22.7 Å². The van der Waals surface area contributed by atoms with Crippen LogP contribution in [-0.4, -0.2) is 34.6 Å². The first-order valence-corrected chi connectivity index (χ1v) is 11.1. The lowest BCUT2D eigenvalue weighted by Gasteiger charge is -2.09. The Hall–Kier alpha value is -3.20. The smallest absolute Gasteiger partial charge is 0.255 e. The number of hydrogen-bond donors (Lipinski definition) is 2. The van der Waals surface area contributed by atoms with Crippen LogP contribution >= 0.6 is 0 Å². The summed E-state index contributed by atoms with van der Waals surface area (Å²) < 4.78 is 37.4. The molecule has 0 saturated carbocycles. The standard InChI is InChI=1S/C23H24N2O5S/c1-17-3-9-20(10-4-17)30-21-11-7-19(8-12-21)25-23(26)18-5-13-22(14-6-18)31(27,28)24-15-16-29-2/h3-14,24H,15-16H2,1-2H3,(H,25,26). The molecule has 0 aliphatic rings. The summed E-state index contributed by atoms with van der Waals surface area (Å²) in [5.74, 6) is 1.04. The van der Waals surface area contributed by atoms with Crippen LogP contribution in [0.1, 0.15) is 15.9 Å². The Labute approximate surface area is 182 Å². The second-order valence-corrected chi connectivity index (χ2v) is 8.58. The summed E-state index contributed by atoms with van der Waals surface area (Å²) in [6.45, 7) is 2.45. The summed E-state index contributed by atoms with van der Waals surface area (Å²) in [5, 5.41) is 2.78. The van der Waals surface area contributed by atoms with Gasteiger partial charge in [-0.05, 0) is 67.6 Å². The van der Waals surface area contributed by atoms with Crippen LogP contribution in [0, 0.1) is 6.92 Å². The first-order chi connectivity index (χ1) is 14.9. The van der Waals surface area contributed by atoms with Gasteiger partial charge in [0.2, 0.25) is 10.0 Å². The molecule has 2 N–H and O–H groups in total. The zero-order valence-corrected chi connectivity index (χ0v) is 18.1. The maximum atomic E-state index is 12.5. The molecule has 0 bridgehead atoms. The number of benzene rings is 3. The Kier molecular flexibility index (Phi) is 7.41. The molecular weight excluding hydrogens is 416 g/mol. The molecule has 0 spiro atoms. The van der Waals surface area contributed by atoms with E-state index in [1.165, 1.54) is 31.4 Å². The van der Waals surface area contributed by atoms with Gasteiger partial charge in [-0.3, -0.25) is 4.79 Å². The van der Waals surface area contributed by atoms with E-state index in [1.807, 2.05) is 31.2 Å². The van der Waals surface area contributed by atoms with Gasteiger partial charge in [0.05, 0.1) is 11.5 Å². The van der Waals surface area contributed by atoms with E-state index in [4.69, 9.17) is 9.47 Å². The van der Waals surface area contributed by atoms with Crippen molar-refractivity contribution in [1.82, 2.24) is 4.72 Å². The van der Waals surface area contributed by atoms with E-state index >= 15 is 0 Å². The molecule has 0 unspecified atom stereocenters. The van der Waals surface area contributed by atoms with Crippen LogP contribution < -0.4 is 14.8 Å². The Morgan fingerprint density at radius 2 is 1.45 bits per heavy atom. The number of rotatable bonds is 9. The van der Waals surface area contributed by atoms with Crippen molar-refractivity contribution in [2.45, 2.75) is 11.8 Å². The van der Waals surface area contributed by atoms with E-state index in [0.29, 0.717) is 17.0 Å². The zero-order chi connectivity index (χ0) is 22.3. The van der Waals surface area contributed by atoms with Crippen LogP contribution in [0.5, 0.6) is 11.5 Å². The Balaban J connectivity index is 1.60. The highest BCUT2D eigenvalue weighted by atomic mass is 32.2. The van der Waals surface area contributed by atoms with Crippen LogP contribution in [0.2, 0.25) is 0 Å². The van der Waals surface area contributed by atoms with Crippen molar-refractivity contribution >= 4 is 21.6 Å². The average Bonchev–Trinajstić information content (AvgIpc) is 2.77. The van der Waals surface area contributed by atoms with Crippen molar-refractivity contribution in [2.75, 3.05) is 25.6 Å². The molecule has 3 aromatic carbocycles. The van der Waals surface area contributed by atoms with E-state index < -0.39 is 10.0 Å². The summed E-state index contributed by atoms with van der Waals surface area (Å²) in [7, 11) is -2.15. The highest BCUT2D eigenvalue weighted by Crippen LogP contribution is 2.23. The van der Waals surface area contributed by atoms with Gasteiger partial charge < -0.3 is 14.8 Å². The molecule has 31 heavy (non-hydrogen) atoms. The van der Waals surface area contributed by atoms with E-state index in [0.717, 1.165) is 11.3 Å². The van der Waals surface area contributed by atoms with E-state index in [9.17, 15) is 13.2 Å². The van der Waals surface area contributed by atoms with Gasteiger partial charge >= 0.3 is 0 Å². The molecule has 0 heterocycles. The third-order valence-electron chi connectivity index (χ3n) is 4.39. The van der Waals surface area contributed by atoms with Gasteiger partial charge in [0.25, 0.3) is 5.91 Å². The molecular formula is C23H24N2O5S. The molecule has 3 aromatic rings. The Bertz CT molecular complexity index is 1110. The Morgan fingerprint density at radius 1 is 0.871 bits per heavy atom. The lowest BCUT2D eigenvalue weighted by Crippen LogP contribution is -2.27. The zero-order valence-electron chi connectivity index (χ0n) is 17.3. The summed E-state index contributed by atoms with van der Waals surface area (Å²) in [4.78, 5) is 12.6. The quantitative estimate of drug-likeness (QED) is 0.491. The fourth-order valence-corrected chi connectivity index (χ4v) is 3.71. The highest BCUT2D eigenvalue weighted by Gasteiger charge is 2.14. The molecule has 162 valence electrons. The molecule has 0 radical (unpaired) electrons. The molecule has 8 heteroatoms. The molecule has 1 amide bonds. The third kappa shape index (κ3) is 6.39. The molecule has 0 aromatic heterocycles. The lowest BCUT2D eigenvalue weighted by atomic mass is 10.2. The van der Waals surface area contributed by atoms with Crippen molar-refractivity contribution in [3.8, 4) is 11.5 Å². The normalized spacial score (nSPS) is 11.2. The predicted octanol–water partition coefficient (Wildman–Crippen LogP) is 3.96. The van der Waals surface area contributed by atoms with Crippen molar-refractivity contribution in [3.05, 3.63) is 83.9 Å². The lowest BCUT2D eigenvalue weighted by molar-refractivity contribution is 0.102. The van der Waals surface area contributed by atoms with Crippen LogP contribution in [0.4, 0.5) is 5.69 Å². The summed E-state index contributed by atoms with van der Waals surface area (Å²) in [6.07, 6.45) is 0. The number of sulfonamides is 1. The summed E-state index contributed by atoms with van der Waals surface area (Å²) in [6, 6.07) is 20.4. The molecule has 0 atom stereocenters. The highest BCUT2D eigenvalue weighted by molar-refractivity contribution is 7.89. The third-order valence-corrected chi connectivity index (χ3v) is 5.87. The number of anilines is 1. The van der Waals surface area contributed by atoms with Gasteiger partial charge in [0.15, 0.2) is 0 Å². The molecule has 0 saturated heterocycles. The second-order valence-electron chi connectivity index (χ2n) is 6.81. The number of ether oxygens (including phenoxy) is 2. The maximum absolute atomic E-state index is 12.5. The number of nitrogens with one attached hydrogen (secondary N) is 2. The van der Waals surface area contributed by atoms with Crippen LogP contribution in [0.15, 0.2) is 77.7 Å². The van der Waals surface area contributed by atoms with Gasteiger partial charge in [-0.15, -0.1) is 0 Å². The van der Waals surface area contributed by atoms with Gasteiger partial charge in [-0.1, -0.05) is 17.7 Å². The second kappa shape index (κ2) is 10.2. The fourth-order valence-electron chi connectivity index (χ4n) is 2.70. The minimum Gasteiger partial charge on any atom is -0.457 e. The van der Waals surface area contributed by atoms with E-state index in [-0.39, 0.29) is 24.0 Å². The van der Waals surface area contributed by atoms with E-state index in [1.54, 1.807) is 24.3 Å². The van der Waals surface area contributed by atoms with Gasteiger partial charge in [-0.2, -0.15) is 0 Å². The number of methoxy groups -OCH3 is 1. The number of hydrogen-bond acceptors (Lipinski definition) is 5. The maximum Gasteiger partial charge on any atom is 0.255 e. The topological polar surface area (TPSA) is 93.7 Å². The van der Waals surface area contributed by atoms with Crippen molar-refractivity contribution in [1.29, 1.82) is 0 Å². The van der Waals surface area contributed by atoms with Gasteiger partial charge in [-0.25, -0.2) is 13.1 Å². The Morgan fingerprint density at radius 3 is 2.03 bits per heavy atom. The van der Waals surface area contributed by atoms with Crippen molar-refractivity contribution in [2.24, 2.45) is 0 Å². The number of amides is 1. The monoisotopic (exact) mass is 440 g/mol. The minimum atomic E-state index is -3.64.